The number of halogens is 2. The fraction of sp³-hybridized carbons (Fsp3) is 0.474. The van der Waals surface area contributed by atoms with E-state index < -0.39 is 0 Å². The quantitative estimate of drug-likeness (QED) is 0.0983. The highest BCUT2D eigenvalue weighted by atomic mass is 79.9. The van der Waals surface area contributed by atoms with Crippen LogP contribution in [0.5, 0.6) is 0 Å². The van der Waals surface area contributed by atoms with Crippen molar-refractivity contribution in [3.8, 4) is 20.9 Å². The van der Waals surface area contributed by atoms with E-state index in [-0.39, 0.29) is 0 Å². The molecule has 236 valence electrons. The van der Waals surface area contributed by atoms with Crippen LogP contribution in [-0.2, 0) is 12.8 Å². The summed E-state index contributed by atoms with van der Waals surface area (Å²) < 4.78 is 2.48. The molecule has 0 amide bonds. The lowest BCUT2D eigenvalue weighted by molar-refractivity contribution is 0.665. The highest BCUT2D eigenvalue weighted by Gasteiger charge is 2.25. The highest BCUT2D eigenvalue weighted by molar-refractivity contribution is 9.11. The van der Waals surface area contributed by atoms with Gasteiger partial charge in [0.25, 0.3) is 0 Å². The molecule has 5 rings (SSSR count). The number of fused-ring (bicyclic) bond motifs is 2. The predicted octanol–water partition coefficient (Wildman–Crippen LogP) is 15.1. The maximum atomic E-state index is 3.81. The van der Waals surface area contributed by atoms with Crippen molar-refractivity contribution in [2.24, 2.45) is 0 Å². The molecule has 0 N–H and O–H groups in total. The number of thiophene rings is 2. The van der Waals surface area contributed by atoms with Gasteiger partial charge in [0.1, 0.15) is 0 Å². The van der Waals surface area contributed by atoms with Crippen molar-refractivity contribution >= 4 is 77.7 Å². The van der Waals surface area contributed by atoms with Crippen LogP contribution in [0.2, 0.25) is 0 Å². The topological polar surface area (TPSA) is 3.24 Å². The van der Waals surface area contributed by atoms with Gasteiger partial charge in [0.05, 0.1) is 18.9 Å². The summed E-state index contributed by atoms with van der Waals surface area (Å²) in [6.07, 6.45) is 17.8. The zero-order valence-electron chi connectivity index (χ0n) is 26.7. The van der Waals surface area contributed by atoms with Crippen LogP contribution in [0.3, 0.4) is 0 Å². The molecule has 0 bridgehead atoms. The van der Waals surface area contributed by atoms with Crippen LogP contribution in [0, 0.1) is 0 Å². The van der Waals surface area contributed by atoms with Gasteiger partial charge in [-0.3, -0.25) is 0 Å². The Morgan fingerprint density at radius 3 is 1.45 bits per heavy atom. The number of hydrogen-bond acceptors (Lipinski definition) is 4. The minimum absolute atomic E-state index is 1.07. The smallest absolute Gasteiger partial charge is 0.0707 e. The van der Waals surface area contributed by atoms with Crippen LogP contribution >= 0.6 is 66.3 Å². The average molecular weight is 774 g/mol. The van der Waals surface area contributed by atoms with E-state index in [9.17, 15) is 0 Å². The molecule has 6 heteroatoms. The monoisotopic (exact) mass is 771 g/mol. The van der Waals surface area contributed by atoms with Crippen LogP contribution < -0.4 is 4.90 Å². The van der Waals surface area contributed by atoms with Crippen molar-refractivity contribution in [2.45, 2.75) is 120 Å². The summed E-state index contributed by atoms with van der Waals surface area (Å²) in [5.74, 6) is 0. The summed E-state index contributed by atoms with van der Waals surface area (Å²) in [7, 11) is 0. The maximum absolute atomic E-state index is 3.81. The van der Waals surface area contributed by atoms with Gasteiger partial charge < -0.3 is 4.90 Å². The van der Waals surface area contributed by atoms with Gasteiger partial charge in [-0.15, -0.1) is 22.7 Å². The van der Waals surface area contributed by atoms with Crippen LogP contribution in [0.15, 0.2) is 65.9 Å². The van der Waals surface area contributed by atoms with Gasteiger partial charge in [-0.25, -0.2) is 0 Å². The minimum Gasteiger partial charge on any atom is -0.340 e. The van der Waals surface area contributed by atoms with Gasteiger partial charge in [-0.05, 0) is 123 Å². The summed E-state index contributed by atoms with van der Waals surface area (Å²) >= 11 is 13.4. The first-order valence-electron chi connectivity index (χ1n) is 16.8. The Labute approximate surface area is 295 Å². The van der Waals surface area contributed by atoms with Crippen molar-refractivity contribution in [1.29, 1.82) is 0 Å². The predicted molar refractivity (Wildman–Crippen MR) is 206 cm³/mol. The first kappa shape index (κ1) is 34.3. The number of nitrogens with zero attached hydrogens (tertiary/aromatic N) is 1. The SMILES string of the molecule is CCCCCCc1cc(Br)sc1-c1ccc2c(c1)Sc1cc(-c3sc(Br)cc3CCCCCC)ccc1N2CCCCCC. The fourth-order valence-corrected chi connectivity index (χ4v) is 10.8. The molecular weight excluding hydrogens is 726 g/mol. The van der Waals surface area contributed by atoms with Crippen LogP contribution in [0.25, 0.3) is 20.9 Å². The third-order valence-electron chi connectivity index (χ3n) is 8.64. The van der Waals surface area contributed by atoms with E-state index in [0.717, 1.165) is 19.4 Å². The molecule has 2 aromatic heterocycles. The standard InChI is InChI=1S/C38H47Br2NS3/c1-4-7-10-13-16-27-25-35(39)43-37(27)29-18-20-31-33(23-29)42-34-24-30(19-21-32(34)41(31)22-15-12-9-6-3)38-28(26-36(40)44-38)17-14-11-8-5-2/h18-21,23-26H,4-17,22H2,1-3H3. The second-order valence-corrected chi connectivity index (χ2v) is 18.1. The Morgan fingerprint density at radius 2 is 1.00 bits per heavy atom. The number of rotatable bonds is 17. The first-order valence-corrected chi connectivity index (χ1v) is 20.9. The van der Waals surface area contributed by atoms with Crippen molar-refractivity contribution in [3.63, 3.8) is 0 Å². The Bertz CT molecular complexity index is 1400. The molecule has 0 radical (unpaired) electrons. The lowest BCUT2D eigenvalue weighted by Crippen LogP contribution is -2.22. The summed E-state index contributed by atoms with van der Waals surface area (Å²) in [4.78, 5) is 8.24. The zero-order valence-corrected chi connectivity index (χ0v) is 32.3. The molecule has 0 spiro atoms. The Morgan fingerprint density at radius 1 is 0.545 bits per heavy atom. The molecular formula is C38H47Br2NS3. The third-order valence-corrected chi connectivity index (χ3v) is 13.2. The summed E-state index contributed by atoms with van der Waals surface area (Å²) in [5, 5.41) is 0. The molecule has 1 aliphatic heterocycles. The number of unbranched alkanes of at least 4 members (excludes halogenated alkanes) is 9. The number of hydrogen-bond donors (Lipinski definition) is 0. The second kappa shape index (κ2) is 17.2. The lowest BCUT2D eigenvalue weighted by atomic mass is 10.0. The van der Waals surface area contributed by atoms with Gasteiger partial charge >= 0.3 is 0 Å². The molecule has 0 atom stereocenters. The van der Waals surface area contributed by atoms with Crippen molar-refractivity contribution < 1.29 is 0 Å². The van der Waals surface area contributed by atoms with E-state index in [2.05, 4.69) is 106 Å². The van der Waals surface area contributed by atoms with E-state index in [1.165, 1.54) is 138 Å². The highest BCUT2D eigenvalue weighted by Crippen LogP contribution is 2.52. The Hall–Kier alpha value is -1.05. The largest absolute Gasteiger partial charge is 0.340 e. The molecule has 1 aliphatic rings. The third kappa shape index (κ3) is 8.64. The van der Waals surface area contributed by atoms with Crippen molar-refractivity contribution in [1.82, 2.24) is 0 Å². The van der Waals surface area contributed by atoms with Crippen LogP contribution in [0.1, 0.15) is 109 Å². The number of anilines is 2. The second-order valence-electron chi connectivity index (χ2n) is 12.1. The Balaban J connectivity index is 1.46. The molecule has 0 fully saturated rings. The van der Waals surface area contributed by atoms with Crippen molar-refractivity contribution in [3.05, 3.63) is 67.2 Å². The van der Waals surface area contributed by atoms with E-state index in [0.29, 0.717) is 0 Å². The fourth-order valence-electron chi connectivity index (χ4n) is 6.24. The molecule has 44 heavy (non-hydrogen) atoms. The molecule has 0 saturated heterocycles. The van der Waals surface area contributed by atoms with Gasteiger partial charge in [-0.1, -0.05) is 102 Å². The molecule has 0 saturated carbocycles. The van der Waals surface area contributed by atoms with Gasteiger partial charge in [0, 0.05) is 26.1 Å². The minimum atomic E-state index is 1.07. The first-order chi connectivity index (χ1) is 21.5. The molecule has 0 unspecified atom stereocenters. The summed E-state index contributed by atoms with van der Waals surface area (Å²) in [6, 6.07) is 19.2. The normalized spacial score (nSPS) is 12.5. The average Bonchev–Trinajstić information content (AvgIpc) is 3.59. The summed E-state index contributed by atoms with van der Waals surface area (Å²) in [6.45, 7) is 7.95. The van der Waals surface area contributed by atoms with Gasteiger partial charge in [0.15, 0.2) is 0 Å². The van der Waals surface area contributed by atoms with E-state index in [1.54, 1.807) is 0 Å². The van der Waals surface area contributed by atoms with Crippen LogP contribution in [-0.4, -0.2) is 6.54 Å². The summed E-state index contributed by atoms with van der Waals surface area (Å²) in [5.41, 5.74) is 8.44. The Kier molecular flexibility index (Phi) is 13.4. The molecule has 0 aliphatic carbocycles. The van der Waals surface area contributed by atoms with E-state index >= 15 is 0 Å². The lowest BCUT2D eigenvalue weighted by Gasteiger charge is -2.33. The molecule has 1 nitrogen and oxygen atoms in total. The molecule has 2 aromatic carbocycles. The zero-order chi connectivity index (χ0) is 30.9. The molecule has 4 aromatic rings. The van der Waals surface area contributed by atoms with E-state index in [4.69, 9.17) is 0 Å². The van der Waals surface area contributed by atoms with Crippen molar-refractivity contribution in [2.75, 3.05) is 11.4 Å². The number of aryl methyl sites for hydroxylation is 2. The van der Waals surface area contributed by atoms with Gasteiger partial charge in [-0.2, -0.15) is 0 Å². The number of benzene rings is 2. The van der Waals surface area contributed by atoms with E-state index in [1.807, 2.05) is 34.4 Å². The maximum Gasteiger partial charge on any atom is 0.0707 e. The molecule has 3 heterocycles. The van der Waals surface area contributed by atoms with Crippen LogP contribution in [0.4, 0.5) is 11.4 Å². The van der Waals surface area contributed by atoms with Gasteiger partial charge in [0.2, 0.25) is 0 Å².